The maximum Gasteiger partial charge on any atom is 0.412 e. The van der Waals surface area contributed by atoms with Gasteiger partial charge in [0, 0.05) is 89.7 Å². The van der Waals surface area contributed by atoms with Crippen LogP contribution in [0.2, 0.25) is 0 Å². The van der Waals surface area contributed by atoms with E-state index in [4.69, 9.17) is 24.7 Å². The van der Waals surface area contributed by atoms with Crippen LogP contribution in [0.4, 0.5) is 14.4 Å². The van der Waals surface area contributed by atoms with Crippen molar-refractivity contribution in [1.29, 1.82) is 0 Å². The van der Waals surface area contributed by atoms with E-state index in [1.807, 2.05) is 65.4 Å². The average molecular weight is 775 g/mol. The van der Waals surface area contributed by atoms with Crippen molar-refractivity contribution < 1.29 is 38.1 Å². The van der Waals surface area contributed by atoms with Crippen LogP contribution in [0.25, 0.3) is 0 Å². The second-order valence-electron chi connectivity index (χ2n) is 14.4. The first-order valence-electron chi connectivity index (χ1n) is 19.5. The Morgan fingerprint density at radius 2 is 1.57 bits per heavy atom. The summed E-state index contributed by atoms with van der Waals surface area (Å²) in [5.41, 5.74) is 8.64. The molecular weight excluding hydrogens is 720 g/mol. The summed E-state index contributed by atoms with van der Waals surface area (Å²) in [7, 11) is 0. The number of benzene rings is 2. The smallest absolute Gasteiger partial charge is 0.412 e. The van der Waals surface area contributed by atoms with Crippen molar-refractivity contribution in [3.05, 3.63) is 90.0 Å². The molecule has 0 radical (unpaired) electrons. The van der Waals surface area contributed by atoms with Crippen molar-refractivity contribution in [2.45, 2.75) is 64.3 Å². The largest absolute Gasteiger partial charge is 0.449 e. The summed E-state index contributed by atoms with van der Waals surface area (Å²) >= 11 is 0. The Labute approximate surface area is 327 Å². The molecular formula is C40H54N8O8. The number of piperazine rings is 1. The van der Waals surface area contributed by atoms with Crippen LogP contribution in [0.1, 0.15) is 42.4 Å². The van der Waals surface area contributed by atoms with Gasteiger partial charge in [-0.15, -0.1) is 0 Å². The lowest BCUT2D eigenvalue weighted by Gasteiger charge is -2.39. The van der Waals surface area contributed by atoms with Gasteiger partial charge in [0.05, 0.1) is 26.1 Å². The molecule has 4 heterocycles. The Morgan fingerprint density at radius 1 is 0.839 bits per heavy atom. The number of nitrogens with one attached hydrogen (secondary N) is 2. The van der Waals surface area contributed by atoms with Crippen LogP contribution in [0.3, 0.4) is 0 Å². The number of nitrogens with two attached hydrogens (primary N) is 1. The Kier molecular flexibility index (Phi) is 14.9. The number of amides is 5. The number of nitrogens with zero attached hydrogens (tertiary/aromatic N) is 5. The molecule has 302 valence electrons. The SMILES string of the molecule is NCc1cccc(CNC(=O)N2CCN(C(=O)OC[C@H]3CCO[C@@H](OC(=O)N4CCC(C(=O)NCCCn5ccnc5)CC4)C3OCc3ccccc3)CC2)c1. The summed E-state index contributed by atoms with van der Waals surface area (Å²) in [5.74, 6) is -0.481. The Hall–Kier alpha value is -5.19. The lowest BCUT2D eigenvalue weighted by molar-refractivity contribution is -0.231. The zero-order chi connectivity index (χ0) is 39.1. The molecule has 3 aliphatic rings. The van der Waals surface area contributed by atoms with Gasteiger partial charge < -0.3 is 54.6 Å². The maximum absolute atomic E-state index is 13.4. The van der Waals surface area contributed by atoms with Gasteiger partial charge in [-0.3, -0.25) is 4.79 Å². The number of piperidine rings is 1. The third kappa shape index (κ3) is 11.7. The first-order chi connectivity index (χ1) is 27.4. The van der Waals surface area contributed by atoms with Crippen molar-refractivity contribution >= 4 is 24.1 Å². The van der Waals surface area contributed by atoms with Crippen LogP contribution >= 0.6 is 0 Å². The topological polar surface area (TPSA) is 183 Å². The molecule has 56 heavy (non-hydrogen) atoms. The van der Waals surface area contributed by atoms with Gasteiger partial charge in [0.15, 0.2) is 0 Å². The molecule has 0 spiro atoms. The highest BCUT2D eigenvalue weighted by molar-refractivity contribution is 5.79. The number of urea groups is 1. The summed E-state index contributed by atoms with van der Waals surface area (Å²) in [5, 5.41) is 5.96. The van der Waals surface area contributed by atoms with E-state index in [0.29, 0.717) is 84.8 Å². The molecule has 1 unspecified atom stereocenters. The van der Waals surface area contributed by atoms with Gasteiger partial charge in [0.1, 0.15) is 6.10 Å². The molecule has 5 amide bonds. The number of hydrogen-bond acceptors (Lipinski definition) is 10. The Morgan fingerprint density at radius 3 is 2.32 bits per heavy atom. The van der Waals surface area contributed by atoms with Crippen LogP contribution in [0.15, 0.2) is 73.3 Å². The summed E-state index contributed by atoms with van der Waals surface area (Å²) in [6.07, 6.45) is 5.04. The Balaban J connectivity index is 0.956. The van der Waals surface area contributed by atoms with Gasteiger partial charge >= 0.3 is 18.2 Å². The summed E-state index contributed by atoms with van der Waals surface area (Å²) in [6.45, 7) is 4.92. The number of aromatic nitrogens is 2. The monoisotopic (exact) mass is 774 g/mol. The fourth-order valence-corrected chi connectivity index (χ4v) is 7.13. The van der Waals surface area contributed by atoms with Crippen molar-refractivity contribution in [3.63, 3.8) is 0 Å². The van der Waals surface area contributed by atoms with Gasteiger partial charge in [0.25, 0.3) is 0 Å². The molecule has 3 atom stereocenters. The predicted molar refractivity (Wildman–Crippen MR) is 205 cm³/mol. The van der Waals surface area contributed by atoms with Crippen LogP contribution in [0.5, 0.6) is 0 Å². The molecule has 6 rings (SSSR count). The van der Waals surface area contributed by atoms with Crippen molar-refractivity contribution in [1.82, 2.24) is 34.9 Å². The number of hydrogen-bond donors (Lipinski definition) is 3. The fraction of sp³-hybridized carbons (Fsp3) is 0.525. The van der Waals surface area contributed by atoms with Gasteiger partial charge in [-0.1, -0.05) is 54.6 Å². The van der Waals surface area contributed by atoms with Gasteiger partial charge in [-0.2, -0.15) is 0 Å². The summed E-state index contributed by atoms with van der Waals surface area (Å²) in [4.78, 5) is 61.2. The second kappa shape index (κ2) is 20.6. The zero-order valence-electron chi connectivity index (χ0n) is 31.8. The first-order valence-corrected chi connectivity index (χ1v) is 19.5. The number of imidazole rings is 1. The number of likely N-dealkylation sites (tertiary alicyclic amines) is 1. The van der Waals surface area contributed by atoms with Crippen LogP contribution in [-0.2, 0) is 50.0 Å². The summed E-state index contributed by atoms with van der Waals surface area (Å²) < 4.78 is 26.0. The second-order valence-corrected chi connectivity index (χ2v) is 14.4. The lowest BCUT2D eigenvalue weighted by atomic mass is 9.96. The number of carbonyl (C=O) groups is 4. The molecule has 4 N–H and O–H groups in total. The van der Waals surface area contributed by atoms with E-state index in [0.717, 1.165) is 29.7 Å². The average Bonchev–Trinajstić information content (AvgIpc) is 3.77. The number of ether oxygens (including phenoxy) is 4. The third-order valence-electron chi connectivity index (χ3n) is 10.5. The molecule has 3 fully saturated rings. The molecule has 3 aliphatic heterocycles. The number of rotatable bonds is 14. The fourth-order valence-electron chi connectivity index (χ4n) is 7.13. The highest BCUT2D eigenvalue weighted by atomic mass is 16.7. The molecule has 0 bridgehead atoms. The van der Waals surface area contributed by atoms with Gasteiger partial charge in [-0.25, -0.2) is 19.4 Å². The molecule has 3 aromatic rings. The molecule has 1 aromatic heterocycles. The molecule has 3 saturated heterocycles. The van der Waals surface area contributed by atoms with Crippen molar-refractivity contribution in [2.75, 3.05) is 59.0 Å². The van der Waals surface area contributed by atoms with Gasteiger partial charge in [-0.05, 0) is 42.4 Å². The zero-order valence-corrected chi connectivity index (χ0v) is 31.8. The molecule has 2 aromatic carbocycles. The highest BCUT2D eigenvalue weighted by Crippen LogP contribution is 2.28. The van der Waals surface area contributed by atoms with E-state index >= 15 is 0 Å². The standard InChI is InChI=1S/C40H54N8O8/c41-25-31-8-4-9-32(24-31)26-44-38(50)46-19-21-48(22-20-46)39(51)55-28-34-12-23-53-37(35(34)54-27-30-6-2-1-3-7-30)56-40(52)47-16-10-33(11-17-47)36(49)43-13-5-15-45-18-14-42-29-45/h1-4,6-9,14,18,24,29,33-35,37H,5,10-13,15-17,19-23,25-28,41H2,(H,43,49)(H,44,50)/t34-,35?,37+/m1/s1. The minimum Gasteiger partial charge on any atom is -0.449 e. The van der Waals surface area contributed by atoms with Gasteiger partial charge in [0.2, 0.25) is 12.2 Å². The number of carbonyl (C=O) groups excluding carboxylic acids is 4. The van der Waals surface area contributed by atoms with E-state index in [9.17, 15) is 19.2 Å². The normalized spacial score (nSPS) is 20.3. The molecule has 16 nitrogen and oxygen atoms in total. The van der Waals surface area contributed by atoms with Crippen LogP contribution in [-0.4, -0.2) is 120 Å². The van der Waals surface area contributed by atoms with E-state index in [2.05, 4.69) is 15.6 Å². The molecule has 0 saturated carbocycles. The minimum atomic E-state index is -1.01. The predicted octanol–water partition coefficient (Wildman–Crippen LogP) is 3.31. The molecule has 0 aliphatic carbocycles. The van der Waals surface area contributed by atoms with Crippen molar-refractivity contribution in [2.24, 2.45) is 17.6 Å². The van der Waals surface area contributed by atoms with E-state index in [1.54, 1.807) is 27.2 Å². The quantitative estimate of drug-likeness (QED) is 0.206. The molecule has 16 heteroatoms. The third-order valence-corrected chi connectivity index (χ3v) is 10.5. The Bertz CT molecular complexity index is 1700. The number of aryl methyl sites for hydroxylation is 1. The minimum absolute atomic E-state index is 0.000740. The van der Waals surface area contributed by atoms with Crippen LogP contribution < -0.4 is 16.4 Å². The van der Waals surface area contributed by atoms with E-state index in [-0.39, 0.29) is 37.0 Å². The van der Waals surface area contributed by atoms with Crippen LogP contribution in [0, 0.1) is 11.8 Å². The van der Waals surface area contributed by atoms with Crippen molar-refractivity contribution in [3.8, 4) is 0 Å². The van der Waals surface area contributed by atoms with E-state index < -0.39 is 24.6 Å². The maximum atomic E-state index is 13.4. The summed E-state index contributed by atoms with van der Waals surface area (Å²) in [6, 6.07) is 17.2. The first kappa shape index (κ1) is 40.5. The highest BCUT2D eigenvalue weighted by Gasteiger charge is 2.40. The lowest BCUT2D eigenvalue weighted by Crippen LogP contribution is -2.53. The van der Waals surface area contributed by atoms with E-state index in [1.165, 1.54) is 0 Å².